The van der Waals surface area contributed by atoms with E-state index >= 15 is 0 Å². The zero-order valence-corrected chi connectivity index (χ0v) is 17.7. The summed E-state index contributed by atoms with van der Waals surface area (Å²) >= 11 is 0. The van der Waals surface area contributed by atoms with Gasteiger partial charge in [-0.1, -0.05) is 0 Å². The van der Waals surface area contributed by atoms with E-state index < -0.39 is 68.7 Å². The summed E-state index contributed by atoms with van der Waals surface area (Å²) < 4.78 is 98.9. The van der Waals surface area contributed by atoms with Crippen molar-refractivity contribution in [3.63, 3.8) is 0 Å². The molecule has 0 bridgehead atoms. The predicted molar refractivity (Wildman–Crippen MR) is 100 cm³/mol. The van der Waals surface area contributed by atoms with Crippen molar-refractivity contribution in [2.75, 3.05) is 19.7 Å². The Morgan fingerprint density at radius 3 is 2.15 bits per heavy atom. The van der Waals surface area contributed by atoms with E-state index in [4.69, 9.17) is 15.5 Å². The predicted octanol–water partition coefficient (Wildman–Crippen LogP) is 1.90. The second kappa shape index (κ2) is 9.70. The van der Waals surface area contributed by atoms with Crippen LogP contribution in [0.25, 0.3) is 0 Å². The number of halogens is 6. The van der Waals surface area contributed by atoms with E-state index in [0.29, 0.717) is 24.5 Å². The van der Waals surface area contributed by atoms with Crippen molar-refractivity contribution in [2.45, 2.75) is 29.3 Å². The van der Waals surface area contributed by atoms with Crippen molar-refractivity contribution >= 4 is 10.0 Å². The number of nitrogens with zero attached hydrogens (tertiary/aromatic N) is 4. The van der Waals surface area contributed by atoms with Gasteiger partial charge in [0.15, 0.2) is 5.75 Å². The van der Waals surface area contributed by atoms with Gasteiger partial charge in [-0.2, -0.15) is 35.9 Å². The molecule has 34 heavy (non-hydrogen) atoms. The zero-order chi connectivity index (χ0) is 25.9. The van der Waals surface area contributed by atoms with E-state index in [2.05, 4.69) is 9.97 Å². The molecule has 9 nitrogen and oxygen atoms in total. The summed E-state index contributed by atoms with van der Waals surface area (Å²) in [5.74, 6) is -1.65. The van der Waals surface area contributed by atoms with Crippen LogP contribution in [-0.4, -0.2) is 63.3 Å². The van der Waals surface area contributed by atoms with Crippen LogP contribution in [0.3, 0.4) is 0 Å². The summed E-state index contributed by atoms with van der Waals surface area (Å²) in [4.78, 5) is 5.17. The van der Waals surface area contributed by atoms with Gasteiger partial charge in [0.1, 0.15) is 11.7 Å². The van der Waals surface area contributed by atoms with Gasteiger partial charge in [-0.15, -0.1) is 0 Å². The maximum atomic E-state index is 12.7. The van der Waals surface area contributed by atoms with Crippen LogP contribution in [0.1, 0.15) is 23.4 Å². The molecule has 1 aliphatic heterocycles. The van der Waals surface area contributed by atoms with Gasteiger partial charge in [0.2, 0.25) is 15.8 Å². The molecule has 1 saturated heterocycles. The van der Waals surface area contributed by atoms with Crippen LogP contribution >= 0.6 is 0 Å². The van der Waals surface area contributed by atoms with Gasteiger partial charge in [-0.05, 0) is 24.6 Å². The molecule has 1 aromatic heterocycles. The number of hydrogen-bond donors (Lipinski definition) is 3. The first-order chi connectivity index (χ1) is 15.5. The fourth-order valence-corrected chi connectivity index (χ4v) is 4.42. The standard InChI is InChI=1S/C13H13F3N2O4S.C5H3F3N2O/c14-13(15,16)10-1-2-11(9(5-10)6-17)23(21,22)18-4-3-12(20,7-18)8-19;6-5(7,8)4-9-1-3(11)2-10-4/h1-2,5,19-20H,3-4,7-8H2;1-2,11H. The third-order valence-electron chi connectivity index (χ3n) is 4.53. The Labute approximate surface area is 188 Å². The van der Waals surface area contributed by atoms with Gasteiger partial charge in [0, 0.05) is 13.1 Å². The van der Waals surface area contributed by atoms with E-state index in [1.165, 1.54) is 6.07 Å². The van der Waals surface area contributed by atoms with E-state index in [9.17, 15) is 39.9 Å². The van der Waals surface area contributed by atoms with Crippen molar-refractivity contribution in [1.82, 2.24) is 14.3 Å². The van der Waals surface area contributed by atoms with Crippen LogP contribution in [0.15, 0.2) is 35.5 Å². The molecule has 16 heteroatoms. The lowest BCUT2D eigenvalue weighted by atomic mass is 10.1. The molecule has 2 aromatic rings. The largest absolute Gasteiger partial charge is 0.505 e. The Morgan fingerprint density at radius 2 is 1.71 bits per heavy atom. The number of aliphatic hydroxyl groups is 2. The number of nitriles is 1. The van der Waals surface area contributed by atoms with Crippen LogP contribution in [0, 0.1) is 11.3 Å². The number of aliphatic hydroxyl groups excluding tert-OH is 1. The molecular formula is C18H16F6N4O5S. The Hall–Kier alpha value is -3.00. The lowest BCUT2D eigenvalue weighted by molar-refractivity contribution is -0.145. The minimum Gasteiger partial charge on any atom is -0.505 e. The van der Waals surface area contributed by atoms with E-state index in [0.717, 1.165) is 10.4 Å². The maximum Gasteiger partial charge on any atom is 0.451 e. The molecular weight excluding hydrogens is 498 g/mol. The summed E-state index contributed by atoms with van der Waals surface area (Å²) in [7, 11) is -4.25. The van der Waals surface area contributed by atoms with Crippen LogP contribution < -0.4 is 0 Å². The van der Waals surface area contributed by atoms with Crippen LogP contribution in [0.4, 0.5) is 26.3 Å². The highest BCUT2D eigenvalue weighted by Crippen LogP contribution is 2.33. The molecule has 1 aromatic carbocycles. The third kappa shape index (κ3) is 6.32. The van der Waals surface area contributed by atoms with Crippen LogP contribution in [0.5, 0.6) is 5.75 Å². The van der Waals surface area contributed by atoms with E-state index in [1.807, 2.05) is 0 Å². The van der Waals surface area contributed by atoms with Crippen molar-refractivity contribution in [3.05, 3.63) is 47.5 Å². The Balaban J connectivity index is 0.000000310. The van der Waals surface area contributed by atoms with Crippen molar-refractivity contribution in [3.8, 4) is 11.8 Å². The molecule has 3 rings (SSSR count). The molecule has 0 amide bonds. The molecule has 0 radical (unpaired) electrons. The fraction of sp³-hybridized carbons (Fsp3) is 0.389. The molecule has 1 aliphatic rings. The van der Waals surface area contributed by atoms with Gasteiger partial charge in [-0.25, -0.2) is 18.4 Å². The van der Waals surface area contributed by atoms with E-state index in [-0.39, 0.29) is 13.0 Å². The lowest BCUT2D eigenvalue weighted by Crippen LogP contribution is -2.39. The Morgan fingerprint density at radius 1 is 1.12 bits per heavy atom. The molecule has 3 N–H and O–H groups in total. The molecule has 1 unspecified atom stereocenters. The summed E-state index contributed by atoms with van der Waals surface area (Å²) in [6.07, 6.45) is -7.87. The molecule has 0 spiro atoms. The van der Waals surface area contributed by atoms with Gasteiger partial charge in [0.05, 0.1) is 35.0 Å². The van der Waals surface area contributed by atoms with Gasteiger partial charge in [-0.3, -0.25) is 0 Å². The normalized spacial score (nSPS) is 19.3. The molecule has 1 fully saturated rings. The number of aromatic hydroxyl groups is 1. The first kappa shape index (κ1) is 27.2. The SMILES string of the molecule is N#Cc1cc(C(F)(F)F)ccc1S(=O)(=O)N1CCC(O)(CO)C1.Oc1cnc(C(F)(F)F)nc1. The molecule has 2 heterocycles. The molecule has 0 saturated carbocycles. The zero-order valence-electron chi connectivity index (χ0n) is 16.8. The molecule has 1 atom stereocenters. The Bertz CT molecular complexity index is 1170. The van der Waals surface area contributed by atoms with E-state index in [1.54, 1.807) is 0 Å². The number of benzene rings is 1. The van der Waals surface area contributed by atoms with Gasteiger partial charge >= 0.3 is 12.4 Å². The number of hydrogen-bond acceptors (Lipinski definition) is 8. The number of alkyl halides is 6. The quantitative estimate of drug-likeness (QED) is 0.526. The lowest BCUT2D eigenvalue weighted by Gasteiger charge is -2.21. The monoisotopic (exact) mass is 514 g/mol. The molecule has 186 valence electrons. The highest BCUT2D eigenvalue weighted by atomic mass is 32.2. The molecule has 0 aliphatic carbocycles. The van der Waals surface area contributed by atoms with Gasteiger partial charge < -0.3 is 15.3 Å². The summed E-state index contributed by atoms with van der Waals surface area (Å²) in [6, 6.07) is 3.24. The third-order valence-corrected chi connectivity index (χ3v) is 6.43. The number of β-amino-alcohol motifs (C(OH)–C–C–N with tert-alkyl or cyclic N) is 1. The highest BCUT2D eigenvalue weighted by molar-refractivity contribution is 7.89. The average Bonchev–Trinajstić information content (AvgIpc) is 3.16. The van der Waals surface area contributed by atoms with Crippen molar-refractivity contribution in [2.24, 2.45) is 0 Å². The first-order valence-corrected chi connectivity index (χ1v) is 10.5. The fourth-order valence-electron chi connectivity index (χ4n) is 2.78. The number of rotatable bonds is 3. The highest BCUT2D eigenvalue weighted by Gasteiger charge is 2.42. The topological polar surface area (TPSA) is 148 Å². The minimum atomic E-state index is -4.70. The number of aromatic nitrogens is 2. The average molecular weight is 514 g/mol. The second-order valence-corrected chi connectivity index (χ2v) is 8.96. The van der Waals surface area contributed by atoms with Crippen LogP contribution in [0.2, 0.25) is 0 Å². The Kier molecular flexibility index (Phi) is 7.77. The second-order valence-electron chi connectivity index (χ2n) is 7.05. The first-order valence-electron chi connectivity index (χ1n) is 9.06. The van der Waals surface area contributed by atoms with Crippen LogP contribution in [-0.2, 0) is 22.4 Å². The van der Waals surface area contributed by atoms with Crippen molar-refractivity contribution in [1.29, 1.82) is 5.26 Å². The van der Waals surface area contributed by atoms with Crippen molar-refractivity contribution < 1.29 is 50.1 Å². The summed E-state index contributed by atoms with van der Waals surface area (Å²) in [6.45, 7) is -1.14. The number of sulfonamides is 1. The minimum absolute atomic E-state index is 0.00868. The summed E-state index contributed by atoms with van der Waals surface area (Å²) in [5.41, 5.74) is -3.34. The smallest absolute Gasteiger partial charge is 0.451 e. The summed E-state index contributed by atoms with van der Waals surface area (Å²) in [5, 5.41) is 36.4. The van der Waals surface area contributed by atoms with Gasteiger partial charge in [0.25, 0.3) is 0 Å². The maximum absolute atomic E-state index is 12.7.